The normalized spacial score (nSPS) is 15.5. The Hall–Kier alpha value is -1.36. The van der Waals surface area contributed by atoms with Crippen molar-refractivity contribution in [3.05, 3.63) is 52.0 Å². The minimum absolute atomic E-state index is 0.0227. The van der Waals surface area contributed by atoms with Gasteiger partial charge in [0.2, 0.25) is 16.5 Å². The van der Waals surface area contributed by atoms with Crippen LogP contribution in [0.15, 0.2) is 36.4 Å². The average molecular weight is 386 g/mol. The number of benzene rings is 1. The summed E-state index contributed by atoms with van der Waals surface area (Å²) in [6.07, 6.45) is 13.0. The predicted molar refractivity (Wildman–Crippen MR) is 101 cm³/mol. The lowest BCUT2D eigenvalue weighted by Gasteiger charge is -2.06. The third kappa shape index (κ3) is 7.04. The summed E-state index contributed by atoms with van der Waals surface area (Å²) in [5.74, 6) is 0.248. The summed E-state index contributed by atoms with van der Waals surface area (Å²) in [7, 11) is 0. The Balaban J connectivity index is 0.000000219. The van der Waals surface area contributed by atoms with Crippen molar-refractivity contribution in [2.75, 3.05) is 5.32 Å². The monoisotopic (exact) mass is 384 g/mol. The first kappa shape index (κ1) is 19.0. The first-order chi connectivity index (χ1) is 11.6. The summed E-state index contributed by atoms with van der Waals surface area (Å²) < 4.78 is 0. The van der Waals surface area contributed by atoms with Gasteiger partial charge in [-0.3, -0.25) is 0 Å². The highest BCUT2D eigenvalue weighted by molar-refractivity contribution is 6.33. The van der Waals surface area contributed by atoms with Crippen LogP contribution in [0.2, 0.25) is 15.6 Å². The zero-order valence-corrected chi connectivity index (χ0v) is 15.5. The maximum absolute atomic E-state index is 5.95. The lowest BCUT2D eigenvalue weighted by molar-refractivity contribution is 0.638. The lowest BCUT2D eigenvalue weighted by Crippen LogP contribution is -1.99. The van der Waals surface area contributed by atoms with E-state index in [9.17, 15) is 0 Å². The molecule has 0 bridgehead atoms. The molecule has 24 heavy (non-hydrogen) atoms. The van der Waals surface area contributed by atoms with E-state index >= 15 is 0 Å². The summed E-state index contributed by atoms with van der Waals surface area (Å²) in [6.45, 7) is 0. The number of para-hydroxylation sites is 1. The maximum Gasteiger partial charge on any atom is 0.232 e. The van der Waals surface area contributed by atoms with Gasteiger partial charge in [0, 0.05) is 0 Å². The van der Waals surface area contributed by atoms with Crippen LogP contribution < -0.4 is 5.32 Å². The van der Waals surface area contributed by atoms with Crippen molar-refractivity contribution in [1.29, 1.82) is 0 Å². The van der Waals surface area contributed by atoms with E-state index in [-0.39, 0.29) is 16.5 Å². The Labute approximate surface area is 157 Å². The summed E-state index contributed by atoms with van der Waals surface area (Å²) in [4.78, 5) is 11.4. The zero-order valence-electron chi connectivity index (χ0n) is 13.2. The van der Waals surface area contributed by atoms with Crippen LogP contribution in [-0.2, 0) is 0 Å². The molecule has 0 saturated heterocycles. The number of hydrogen-bond acceptors (Lipinski definition) is 4. The average Bonchev–Trinajstić information content (AvgIpc) is 2.48. The molecule has 0 unspecified atom stereocenters. The molecule has 128 valence electrons. The number of rotatable bonds is 2. The van der Waals surface area contributed by atoms with E-state index in [0.29, 0.717) is 10.7 Å². The van der Waals surface area contributed by atoms with E-state index in [1.807, 2.05) is 12.1 Å². The zero-order chi connectivity index (χ0) is 17.2. The van der Waals surface area contributed by atoms with Gasteiger partial charge in [0.05, 0.1) is 10.7 Å². The molecule has 1 aliphatic carbocycles. The molecule has 0 atom stereocenters. The second kappa shape index (κ2) is 10.5. The minimum Gasteiger partial charge on any atom is -0.323 e. The van der Waals surface area contributed by atoms with Crippen molar-refractivity contribution in [3.8, 4) is 0 Å². The van der Waals surface area contributed by atoms with Crippen molar-refractivity contribution >= 4 is 46.4 Å². The van der Waals surface area contributed by atoms with E-state index in [2.05, 4.69) is 32.4 Å². The van der Waals surface area contributed by atoms with E-state index in [0.717, 1.165) is 0 Å². The van der Waals surface area contributed by atoms with Crippen LogP contribution >= 0.6 is 34.8 Å². The first-order valence-electron chi connectivity index (χ1n) is 7.89. The van der Waals surface area contributed by atoms with Gasteiger partial charge in [0.25, 0.3) is 0 Å². The molecule has 1 N–H and O–H groups in total. The van der Waals surface area contributed by atoms with E-state index in [4.69, 9.17) is 34.8 Å². The van der Waals surface area contributed by atoms with E-state index in [1.54, 1.807) is 12.1 Å². The maximum atomic E-state index is 5.95. The molecule has 4 nitrogen and oxygen atoms in total. The van der Waals surface area contributed by atoms with Crippen LogP contribution in [0.5, 0.6) is 0 Å². The van der Waals surface area contributed by atoms with Gasteiger partial charge in [-0.05, 0) is 61.0 Å². The molecule has 0 amide bonds. The molecule has 1 aromatic heterocycles. The molecular weight excluding hydrogens is 367 g/mol. The van der Waals surface area contributed by atoms with Crippen molar-refractivity contribution in [2.45, 2.75) is 38.5 Å². The molecule has 7 heteroatoms. The van der Waals surface area contributed by atoms with Gasteiger partial charge in [0.1, 0.15) is 0 Å². The summed E-state index contributed by atoms with van der Waals surface area (Å²) >= 11 is 17.2. The number of anilines is 2. The quantitative estimate of drug-likeness (QED) is 0.602. The fourth-order valence-electron chi connectivity index (χ4n) is 2.18. The number of hydrogen-bond donors (Lipinski definition) is 1. The van der Waals surface area contributed by atoms with Crippen molar-refractivity contribution < 1.29 is 0 Å². The Morgan fingerprint density at radius 1 is 0.750 bits per heavy atom. The molecular formula is C17H19Cl3N4. The topological polar surface area (TPSA) is 50.7 Å². The van der Waals surface area contributed by atoms with Gasteiger partial charge in [-0.15, -0.1) is 0 Å². The molecule has 2 aromatic rings. The number of aromatic nitrogens is 3. The van der Waals surface area contributed by atoms with E-state index in [1.165, 1.54) is 38.5 Å². The SMILES string of the molecule is C1=C/CCCCCC/1.Clc1nc(Cl)nc(Nc2ccccc2Cl)n1. The van der Waals surface area contributed by atoms with E-state index < -0.39 is 0 Å². The number of nitrogens with one attached hydrogen (secondary N) is 1. The summed E-state index contributed by atoms with van der Waals surface area (Å²) in [6, 6.07) is 7.18. The van der Waals surface area contributed by atoms with Crippen LogP contribution in [0.4, 0.5) is 11.6 Å². The molecule has 1 aromatic carbocycles. The second-order valence-corrected chi connectivity index (χ2v) is 6.35. The van der Waals surface area contributed by atoms with Gasteiger partial charge in [-0.2, -0.15) is 15.0 Å². The molecule has 0 saturated carbocycles. The summed E-state index contributed by atoms with van der Waals surface area (Å²) in [5, 5.41) is 3.49. The highest BCUT2D eigenvalue weighted by Gasteiger charge is 2.05. The van der Waals surface area contributed by atoms with Gasteiger partial charge in [0.15, 0.2) is 0 Å². The largest absolute Gasteiger partial charge is 0.323 e. The molecule has 1 heterocycles. The first-order valence-corrected chi connectivity index (χ1v) is 9.02. The molecule has 1 aliphatic rings. The van der Waals surface area contributed by atoms with Gasteiger partial charge in [-0.25, -0.2) is 0 Å². The Bertz CT molecular complexity index is 646. The Morgan fingerprint density at radius 3 is 1.92 bits per heavy atom. The molecule has 3 rings (SSSR count). The highest BCUT2D eigenvalue weighted by atomic mass is 35.5. The Kier molecular flexibility index (Phi) is 8.29. The number of halogens is 3. The second-order valence-electron chi connectivity index (χ2n) is 5.26. The van der Waals surface area contributed by atoms with Crippen LogP contribution in [0, 0.1) is 0 Å². The molecule has 0 spiro atoms. The minimum atomic E-state index is 0.0227. The van der Waals surface area contributed by atoms with Crippen LogP contribution in [-0.4, -0.2) is 15.0 Å². The van der Waals surface area contributed by atoms with Gasteiger partial charge >= 0.3 is 0 Å². The van der Waals surface area contributed by atoms with Crippen molar-refractivity contribution in [3.63, 3.8) is 0 Å². The van der Waals surface area contributed by atoms with Gasteiger partial charge in [-0.1, -0.05) is 48.7 Å². The smallest absolute Gasteiger partial charge is 0.232 e. The molecule has 0 fully saturated rings. The number of allylic oxidation sites excluding steroid dienone is 2. The molecule has 0 radical (unpaired) electrons. The highest BCUT2D eigenvalue weighted by Crippen LogP contribution is 2.23. The summed E-state index contributed by atoms with van der Waals surface area (Å²) in [5.41, 5.74) is 0.669. The standard InChI is InChI=1S/C9H5Cl3N4.C8H14/c10-5-3-1-2-4-6(5)13-9-15-7(11)14-8(12)16-9;1-2-4-6-8-7-5-3-1/h1-4H,(H,13,14,15,16);1-2H,3-8H2/b;2-1+. The fraction of sp³-hybridized carbons (Fsp3) is 0.353. The van der Waals surface area contributed by atoms with Crippen LogP contribution in [0.3, 0.4) is 0 Å². The van der Waals surface area contributed by atoms with Crippen LogP contribution in [0.25, 0.3) is 0 Å². The van der Waals surface area contributed by atoms with Crippen LogP contribution in [0.1, 0.15) is 38.5 Å². The van der Waals surface area contributed by atoms with Crippen molar-refractivity contribution in [1.82, 2.24) is 15.0 Å². The molecule has 0 aliphatic heterocycles. The lowest BCUT2D eigenvalue weighted by atomic mass is 10.1. The predicted octanol–water partition coefficient (Wildman–Crippen LogP) is 6.47. The van der Waals surface area contributed by atoms with Gasteiger partial charge < -0.3 is 5.32 Å². The Morgan fingerprint density at radius 2 is 1.33 bits per heavy atom. The fourth-order valence-corrected chi connectivity index (χ4v) is 2.72. The third-order valence-corrected chi connectivity index (χ3v) is 4.03. The van der Waals surface area contributed by atoms with Crippen molar-refractivity contribution in [2.24, 2.45) is 0 Å². The third-order valence-electron chi connectivity index (χ3n) is 3.36. The number of nitrogens with zero attached hydrogens (tertiary/aromatic N) is 3.